The molecule has 0 saturated heterocycles. The van der Waals surface area contributed by atoms with Gasteiger partial charge in [0.1, 0.15) is 5.69 Å². The Morgan fingerprint density at radius 2 is 1.95 bits per heavy atom. The van der Waals surface area contributed by atoms with E-state index in [0.29, 0.717) is 11.6 Å². The molecule has 1 fully saturated rings. The van der Waals surface area contributed by atoms with Gasteiger partial charge in [-0.25, -0.2) is 0 Å². The second-order valence-electron chi connectivity index (χ2n) is 4.92. The van der Waals surface area contributed by atoms with Crippen LogP contribution in [0.3, 0.4) is 0 Å². The van der Waals surface area contributed by atoms with Crippen LogP contribution in [0.2, 0.25) is 0 Å². The summed E-state index contributed by atoms with van der Waals surface area (Å²) in [5, 5.41) is 14.3. The first-order valence-corrected chi connectivity index (χ1v) is 7.20. The van der Waals surface area contributed by atoms with Gasteiger partial charge in [0.2, 0.25) is 0 Å². The van der Waals surface area contributed by atoms with Crippen LogP contribution in [0.25, 0.3) is 0 Å². The monoisotopic (exact) mass is 332 g/mol. The molecule has 0 radical (unpaired) electrons. The van der Waals surface area contributed by atoms with E-state index < -0.39 is 0 Å². The molecule has 1 N–H and O–H groups in total. The van der Waals surface area contributed by atoms with Gasteiger partial charge in [-0.3, -0.25) is 10.1 Å². The SMILES string of the molecule is O=[N+]([O-])c1ccc(Br)cc1NC1CC1c1ccccc1. The number of nitro groups is 1. The molecule has 1 aliphatic carbocycles. The molecule has 0 aromatic heterocycles. The fraction of sp³-hybridized carbons (Fsp3) is 0.200. The van der Waals surface area contributed by atoms with Crippen LogP contribution in [0, 0.1) is 10.1 Å². The number of nitrogens with zero attached hydrogens (tertiary/aromatic N) is 1. The van der Waals surface area contributed by atoms with Gasteiger partial charge in [-0.15, -0.1) is 0 Å². The van der Waals surface area contributed by atoms with E-state index in [-0.39, 0.29) is 16.7 Å². The highest BCUT2D eigenvalue weighted by atomic mass is 79.9. The van der Waals surface area contributed by atoms with Crippen LogP contribution in [0.15, 0.2) is 53.0 Å². The van der Waals surface area contributed by atoms with Gasteiger partial charge in [0, 0.05) is 22.5 Å². The summed E-state index contributed by atoms with van der Waals surface area (Å²) in [6.07, 6.45) is 1.01. The maximum Gasteiger partial charge on any atom is 0.292 e. The molecule has 0 bridgehead atoms. The maximum atomic E-state index is 11.0. The van der Waals surface area contributed by atoms with Crippen molar-refractivity contribution in [2.45, 2.75) is 18.4 Å². The highest BCUT2D eigenvalue weighted by molar-refractivity contribution is 9.10. The number of benzene rings is 2. The first-order chi connectivity index (χ1) is 9.65. The van der Waals surface area contributed by atoms with Gasteiger partial charge in [0.25, 0.3) is 5.69 Å². The zero-order chi connectivity index (χ0) is 14.1. The minimum absolute atomic E-state index is 0.118. The summed E-state index contributed by atoms with van der Waals surface area (Å²) >= 11 is 3.35. The van der Waals surface area contributed by atoms with Gasteiger partial charge in [0.15, 0.2) is 0 Å². The van der Waals surface area contributed by atoms with Gasteiger partial charge in [-0.1, -0.05) is 46.3 Å². The number of nitro benzene ring substituents is 1. The molecule has 4 nitrogen and oxygen atoms in total. The molecule has 0 amide bonds. The molecule has 1 aliphatic rings. The normalized spacial score (nSPS) is 20.4. The van der Waals surface area contributed by atoms with Gasteiger partial charge >= 0.3 is 0 Å². The molecule has 102 valence electrons. The maximum absolute atomic E-state index is 11.0. The summed E-state index contributed by atoms with van der Waals surface area (Å²) in [7, 11) is 0. The Bertz CT molecular complexity index is 646. The van der Waals surface area contributed by atoms with Crippen molar-refractivity contribution in [3.63, 3.8) is 0 Å². The Balaban J connectivity index is 1.77. The van der Waals surface area contributed by atoms with Crippen LogP contribution in [-0.4, -0.2) is 11.0 Å². The van der Waals surface area contributed by atoms with Crippen molar-refractivity contribution in [2.75, 3.05) is 5.32 Å². The third-order valence-corrected chi connectivity index (χ3v) is 4.01. The van der Waals surface area contributed by atoms with Gasteiger partial charge in [-0.05, 0) is 24.1 Å². The lowest BCUT2D eigenvalue weighted by Crippen LogP contribution is -2.06. The van der Waals surface area contributed by atoms with Crippen LogP contribution < -0.4 is 5.32 Å². The summed E-state index contributed by atoms with van der Waals surface area (Å²) < 4.78 is 0.836. The average Bonchev–Trinajstić information content (AvgIpc) is 3.19. The smallest absolute Gasteiger partial charge is 0.292 e. The zero-order valence-electron chi connectivity index (χ0n) is 10.6. The van der Waals surface area contributed by atoms with Crippen molar-refractivity contribution in [3.05, 3.63) is 68.7 Å². The molecule has 5 heteroatoms. The highest BCUT2D eigenvalue weighted by Gasteiger charge is 2.39. The fourth-order valence-electron chi connectivity index (χ4n) is 2.41. The van der Waals surface area contributed by atoms with E-state index in [2.05, 4.69) is 33.4 Å². The molecule has 2 atom stereocenters. The minimum Gasteiger partial charge on any atom is -0.376 e. The van der Waals surface area contributed by atoms with Crippen LogP contribution in [0.4, 0.5) is 11.4 Å². The van der Waals surface area contributed by atoms with Gasteiger partial charge in [-0.2, -0.15) is 0 Å². The van der Waals surface area contributed by atoms with Crippen molar-refractivity contribution < 1.29 is 4.92 Å². The predicted molar refractivity (Wildman–Crippen MR) is 82.0 cm³/mol. The lowest BCUT2D eigenvalue weighted by Gasteiger charge is -2.07. The number of hydrogen-bond donors (Lipinski definition) is 1. The van der Waals surface area contributed by atoms with Crippen LogP contribution >= 0.6 is 15.9 Å². The van der Waals surface area contributed by atoms with Gasteiger partial charge in [0.05, 0.1) is 4.92 Å². The average molecular weight is 333 g/mol. The summed E-state index contributed by atoms with van der Waals surface area (Å²) in [5.41, 5.74) is 1.97. The van der Waals surface area contributed by atoms with Gasteiger partial charge < -0.3 is 5.32 Å². The number of hydrogen-bond acceptors (Lipinski definition) is 3. The Morgan fingerprint density at radius 3 is 2.65 bits per heavy atom. The van der Waals surface area contributed by atoms with Crippen molar-refractivity contribution in [1.29, 1.82) is 0 Å². The van der Waals surface area contributed by atoms with E-state index >= 15 is 0 Å². The second kappa shape index (κ2) is 5.25. The number of nitrogens with one attached hydrogen (secondary N) is 1. The van der Waals surface area contributed by atoms with E-state index in [1.165, 1.54) is 11.6 Å². The molecule has 20 heavy (non-hydrogen) atoms. The quantitative estimate of drug-likeness (QED) is 0.669. The second-order valence-corrected chi connectivity index (χ2v) is 5.84. The molecule has 0 aliphatic heterocycles. The van der Waals surface area contributed by atoms with E-state index in [9.17, 15) is 10.1 Å². The van der Waals surface area contributed by atoms with E-state index in [1.807, 2.05) is 18.2 Å². The summed E-state index contributed by atoms with van der Waals surface area (Å²) in [4.78, 5) is 10.7. The van der Waals surface area contributed by atoms with Crippen molar-refractivity contribution in [3.8, 4) is 0 Å². The number of rotatable bonds is 4. The summed E-state index contributed by atoms with van der Waals surface area (Å²) in [6, 6.07) is 15.5. The predicted octanol–water partition coefficient (Wildman–Crippen LogP) is 4.33. The Hall–Kier alpha value is -1.88. The number of halogens is 1. The zero-order valence-corrected chi connectivity index (χ0v) is 12.2. The molecule has 1 saturated carbocycles. The minimum atomic E-state index is -0.353. The molecule has 2 aromatic carbocycles. The molecular formula is C15H13BrN2O2. The summed E-state index contributed by atoms with van der Waals surface area (Å²) in [5.74, 6) is 0.440. The summed E-state index contributed by atoms with van der Waals surface area (Å²) in [6.45, 7) is 0. The van der Waals surface area contributed by atoms with Crippen LogP contribution in [-0.2, 0) is 0 Å². The first kappa shape index (κ1) is 13.1. The molecule has 3 rings (SSSR count). The molecule has 0 heterocycles. The Labute approximate surface area is 125 Å². The lowest BCUT2D eigenvalue weighted by molar-refractivity contribution is -0.384. The standard InChI is InChI=1S/C15H13BrN2O2/c16-11-6-7-15(18(19)20)14(8-11)17-13-9-12(13)10-4-2-1-3-5-10/h1-8,12-13,17H,9H2. The van der Waals surface area contributed by atoms with Crippen LogP contribution in [0.1, 0.15) is 17.9 Å². The molecule has 2 aromatic rings. The first-order valence-electron chi connectivity index (χ1n) is 6.40. The van der Waals surface area contributed by atoms with Crippen molar-refractivity contribution >= 4 is 27.3 Å². The third-order valence-electron chi connectivity index (χ3n) is 3.51. The lowest BCUT2D eigenvalue weighted by atomic mass is 10.1. The van der Waals surface area contributed by atoms with E-state index in [4.69, 9.17) is 0 Å². The third kappa shape index (κ3) is 2.67. The Morgan fingerprint density at radius 1 is 1.20 bits per heavy atom. The molecule has 0 spiro atoms. The molecular weight excluding hydrogens is 320 g/mol. The number of anilines is 1. The largest absolute Gasteiger partial charge is 0.376 e. The van der Waals surface area contributed by atoms with Crippen molar-refractivity contribution in [1.82, 2.24) is 0 Å². The van der Waals surface area contributed by atoms with E-state index in [1.54, 1.807) is 12.1 Å². The van der Waals surface area contributed by atoms with Crippen LogP contribution in [0.5, 0.6) is 0 Å². The Kier molecular flexibility index (Phi) is 3.44. The fourth-order valence-corrected chi connectivity index (χ4v) is 2.77. The van der Waals surface area contributed by atoms with Crippen molar-refractivity contribution in [2.24, 2.45) is 0 Å². The van der Waals surface area contributed by atoms with E-state index in [0.717, 1.165) is 10.9 Å². The highest BCUT2D eigenvalue weighted by Crippen LogP contribution is 2.44. The molecule has 2 unspecified atom stereocenters. The topological polar surface area (TPSA) is 55.2 Å².